The van der Waals surface area contributed by atoms with Gasteiger partial charge in [0.05, 0.1) is 22.1 Å². The highest BCUT2D eigenvalue weighted by Gasteiger charge is 2.65. The minimum atomic E-state index is -0.950. The molecule has 1 aromatic heterocycles. The number of aromatic nitrogens is 1. The molecule has 1 aromatic carbocycles. The number of carbonyl (C=O) groups is 3. The van der Waals surface area contributed by atoms with Gasteiger partial charge in [0.15, 0.2) is 5.01 Å². The maximum atomic E-state index is 12.1. The van der Waals surface area contributed by atoms with Crippen molar-refractivity contribution in [3.8, 4) is 0 Å². The molecule has 1 saturated carbocycles. The van der Waals surface area contributed by atoms with Crippen molar-refractivity contribution in [1.82, 2.24) is 15.6 Å². The van der Waals surface area contributed by atoms with Crippen molar-refractivity contribution in [3.63, 3.8) is 0 Å². The number of para-hydroxylation sites is 1. The lowest BCUT2D eigenvalue weighted by Crippen LogP contribution is -2.36. The van der Waals surface area contributed by atoms with E-state index in [1.807, 2.05) is 24.3 Å². The molecule has 2 atom stereocenters. The summed E-state index contributed by atoms with van der Waals surface area (Å²) >= 11 is 1.31. The highest BCUT2D eigenvalue weighted by molar-refractivity contribution is 7.20. The Bertz CT molecular complexity index is 812. The smallest absolute Gasteiger partial charge is 0.307 e. The van der Waals surface area contributed by atoms with Gasteiger partial charge in [-0.25, -0.2) is 4.98 Å². The predicted molar refractivity (Wildman–Crippen MR) is 93.4 cm³/mol. The molecule has 0 spiro atoms. The van der Waals surface area contributed by atoms with E-state index in [9.17, 15) is 14.4 Å². The van der Waals surface area contributed by atoms with Gasteiger partial charge in [0.25, 0.3) is 5.91 Å². The van der Waals surface area contributed by atoms with E-state index in [0.29, 0.717) is 5.01 Å². The molecule has 1 aliphatic carbocycles. The second-order valence-electron chi connectivity index (χ2n) is 6.65. The topological polar surface area (TPSA) is 108 Å². The predicted octanol–water partition coefficient (Wildman–Crippen LogP) is 1.50. The van der Waals surface area contributed by atoms with Gasteiger partial charge >= 0.3 is 5.97 Å². The quantitative estimate of drug-likeness (QED) is 0.676. The summed E-state index contributed by atoms with van der Waals surface area (Å²) in [5.41, 5.74) is 0.252. The van der Waals surface area contributed by atoms with E-state index in [1.165, 1.54) is 11.3 Å². The fourth-order valence-corrected chi connectivity index (χ4v) is 3.99. The largest absolute Gasteiger partial charge is 0.481 e. The molecule has 0 bridgehead atoms. The van der Waals surface area contributed by atoms with Gasteiger partial charge in [-0.05, 0) is 17.5 Å². The highest BCUT2D eigenvalue weighted by Crippen LogP contribution is 2.58. The summed E-state index contributed by atoms with van der Waals surface area (Å²) in [6.45, 7) is 4.04. The van der Waals surface area contributed by atoms with E-state index in [2.05, 4.69) is 15.6 Å². The summed E-state index contributed by atoms with van der Waals surface area (Å²) in [6, 6.07) is 7.50. The Morgan fingerprint density at radius 1 is 1.16 bits per heavy atom. The van der Waals surface area contributed by atoms with Crippen LogP contribution in [0.5, 0.6) is 0 Å². The van der Waals surface area contributed by atoms with Crippen LogP contribution < -0.4 is 10.6 Å². The van der Waals surface area contributed by atoms with Crippen LogP contribution in [0, 0.1) is 17.3 Å². The van der Waals surface area contributed by atoms with Gasteiger partial charge in [0, 0.05) is 13.1 Å². The van der Waals surface area contributed by atoms with Crippen LogP contribution in [0.3, 0.4) is 0 Å². The summed E-state index contributed by atoms with van der Waals surface area (Å²) in [5, 5.41) is 14.9. The number of amides is 2. The lowest BCUT2D eigenvalue weighted by atomic mass is 10.1. The standard InChI is InChI=1S/C17H19N3O4S/c1-17(2)11(12(17)16(23)24)13(21)18-7-8-19-14(22)15-20-9-5-3-4-6-10(9)25-15/h3-6,11-12H,7-8H2,1-2H3,(H,18,21)(H,19,22)(H,23,24)/t11-,12-/m1/s1. The summed E-state index contributed by atoms with van der Waals surface area (Å²) < 4.78 is 0.941. The number of carboxylic acids is 1. The Morgan fingerprint density at radius 3 is 2.48 bits per heavy atom. The molecule has 25 heavy (non-hydrogen) atoms. The lowest BCUT2D eigenvalue weighted by Gasteiger charge is -2.06. The monoisotopic (exact) mass is 361 g/mol. The Kier molecular flexibility index (Phi) is 4.47. The molecule has 132 valence electrons. The molecule has 0 radical (unpaired) electrons. The number of benzene rings is 1. The third kappa shape index (κ3) is 3.34. The molecule has 3 N–H and O–H groups in total. The number of nitrogens with zero attached hydrogens (tertiary/aromatic N) is 1. The van der Waals surface area contributed by atoms with Gasteiger partial charge in [-0.1, -0.05) is 26.0 Å². The molecule has 7 nitrogen and oxygen atoms in total. The Morgan fingerprint density at radius 2 is 1.84 bits per heavy atom. The third-order valence-corrected chi connectivity index (χ3v) is 5.61. The molecule has 1 heterocycles. The number of hydrogen-bond acceptors (Lipinski definition) is 5. The zero-order chi connectivity index (χ0) is 18.2. The number of thiazole rings is 1. The number of carbonyl (C=O) groups excluding carboxylic acids is 2. The minimum Gasteiger partial charge on any atom is -0.481 e. The lowest BCUT2D eigenvalue weighted by molar-refractivity contribution is -0.140. The Labute approximate surface area is 148 Å². The van der Waals surface area contributed by atoms with Crippen LogP contribution >= 0.6 is 11.3 Å². The van der Waals surface area contributed by atoms with Crippen molar-refractivity contribution >= 4 is 39.3 Å². The number of fused-ring (bicyclic) bond motifs is 1. The fraction of sp³-hybridized carbons (Fsp3) is 0.412. The normalized spacial score (nSPS) is 20.9. The van der Waals surface area contributed by atoms with Crippen LogP contribution in [-0.2, 0) is 9.59 Å². The SMILES string of the molecule is CC1(C)[C@@H](C(=O)O)[C@@H]1C(=O)NCCNC(=O)c1nc2ccccc2s1. The second-order valence-corrected chi connectivity index (χ2v) is 7.68. The first-order valence-corrected chi connectivity index (χ1v) is 8.78. The zero-order valence-electron chi connectivity index (χ0n) is 13.9. The molecular weight excluding hydrogens is 342 g/mol. The van der Waals surface area contributed by atoms with E-state index in [4.69, 9.17) is 5.11 Å². The second kappa shape index (κ2) is 6.44. The first-order valence-electron chi connectivity index (χ1n) is 7.96. The number of hydrogen-bond donors (Lipinski definition) is 3. The highest BCUT2D eigenvalue weighted by atomic mass is 32.1. The van der Waals surface area contributed by atoms with Crippen LogP contribution in [0.1, 0.15) is 23.6 Å². The molecule has 0 unspecified atom stereocenters. The molecule has 3 rings (SSSR count). The van der Waals surface area contributed by atoms with Crippen molar-refractivity contribution in [1.29, 1.82) is 0 Å². The third-order valence-electron chi connectivity index (χ3n) is 4.57. The van der Waals surface area contributed by atoms with E-state index in [1.54, 1.807) is 13.8 Å². The van der Waals surface area contributed by atoms with Crippen LogP contribution in [0.4, 0.5) is 0 Å². The first-order chi connectivity index (χ1) is 11.8. The van der Waals surface area contributed by atoms with Crippen molar-refractivity contribution in [3.05, 3.63) is 29.3 Å². The zero-order valence-corrected chi connectivity index (χ0v) is 14.7. The summed E-state index contributed by atoms with van der Waals surface area (Å²) in [7, 11) is 0. The van der Waals surface area contributed by atoms with Gasteiger partial charge < -0.3 is 15.7 Å². The van der Waals surface area contributed by atoms with Gasteiger partial charge in [0.1, 0.15) is 0 Å². The Balaban J connectivity index is 1.46. The summed E-state index contributed by atoms with van der Waals surface area (Å²) in [4.78, 5) is 39.5. The molecule has 8 heteroatoms. The van der Waals surface area contributed by atoms with E-state index in [-0.39, 0.29) is 24.9 Å². The van der Waals surface area contributed by atoms with E-state index >= 15 is 0 Å². The minimum absolute atomic E-state index is 0.244. The number of rotatable bonds is 6. The molecule has 0 aliphatic heterocycles. The average molecular weight is 361 g/mol. The van der Waals surface area contributed by atoms with Crippen LogP contribution in [0.2, 0.25) is 0 Å². The molecular formula is C17H19N3O4S. The number of aliphatic carboxylic acids is 1. The van der Waals surface area contributed by atoms with E-state index in [0.717, 1.165) is 10.2 Å². The number of carboxylic acid groups (broad SMARTS) is 1. The molecule has 0 saturated heterocycles. The maximum absolute atomic E-state index is 12.1. The number of nitrogens with one attached hydrogen (secondary N) is 2. The summed E-state index contributed by atoms with van der Waals surface area (Å²) in [6.07, 6.45) is 0. The summed E-state index contributed by atoms with van der Waals surface area (Å²) in [5.74, 6) is -2.69. The van der Waals surface area contributed by atoms with Crippen LogP contribution in [-0.4, -0.2) is 41.0 Å². The van der Waals surface area contributed by atoms with Crippen molar-refractivity contribution in [2.75, 3.05) is 13.1 Å². The maximum Gasteiger partial charge on any atom is 0.307 e. The van der Waals surface area contributed by atoms with Gasteiger partial charge in [0.2, 0.25) is 5.91 Å². The molecule has 2 aromatic rings. The fourth-order valence-electron chi connectivity index (χ4n) is 3.10. The van der Waals surface area contributed by atoms with E-state index < -0.39 is 23.2 Å². The van der Waals surface area contributed by atoms with Gasteiger partial charge in [-0.3, -0.25) is 14.4 Å². The first kappa shape index (κ1) is 17.3. The van der Waals surface area contributed by atoms with Crippen LogP contribution in [0.15, 0.2) is 24.3 Å². The van der Waals surface area contributed by atoms with Crippen molar-refractivity contribution < 1.29 is 19.5 Å². The van der Waals surface area contributed by atoms with Crippen molar-refractivity contribution in [2.45, 2.75) is 13.8 Å². The average Bonchev–Trinajstić information content (AvgIpc) is 2.92. The molecule has 1 aliphatic rings. The molecule has 2 amide bonds. The van der Waals surface area contributed by atoms with Crippen molar-refractivity contribution in [2.24, 2.45) is 17.3 Å². The van der Waals surface area contributed by atoms with Crippen LogP contribution in [0.25, 0.3) is 10.2 Å². The van der Waals surface area contributed by atoms with Gasteiger partial charge in [-0.15, -0.1) is 11.3 Å². The Hall–Kier alpha value is -2.48. The molecule has 1 fully saturated rings. The van der Waals surface area contributed by atoms with Gasteiger partial charge in [-0.2, -0.15) is 0 Å².